The highest BCUT2D eigenvalue weighted by molar-refractivity contribution is 8.01. The molecular formula is C15H14F3NO5S2. The van der Waals surface area contributed by atoms with E-state index in [-0.39, 0.29) is 30.0 Å². The summed E-state index contributed by atoms with van der Waals surface area (Å²) in [4.78, 5) is 24.5. The Kier molecular flexibility index (Phi) is 4.95. The Hall–Kier alpha value is -1.75. The average molecular weight is 409 g/mol. The van der Waals surface area contributed by atoms with E-state index in [0.717, 1.165) is 23.9 Å². The molecule has 3 rings (SSSR count). The molecule has 2 aliphatic heterocycles. The number of esters is 1. The van der Waals surface area contributed by atoms with E-state index in [2.05, 4.69) is 5.32 Å². The van der Waals surface area contributed by atoms with Crippen LogP contribution in [0.4, 0.5) is 18.9 Å². The van der Waals surface area contributed by atoms with Crippen molar-refractivity contribution in [3.63, 3.8) is 0 Å². The number of carbonyl (C=O) groups excluding carboxylic acids is 2. The van der Waals surface area contributed by atoms with E-state index >= 15 is 0 Å². The van der Waals surface area contributed by atoms with Gasteiger partial charge in [0, 0.05) is 4.90 Å². The van der Waals surface area contributed by atoms with Gasteiger partial charge in [0.05, 0.1) is 34.4 Å². The van der Waals surface area contributed by atoms with Crippen molar-refractivity contribution in [1.29, 1.82) is 0 Å². The molecule has 1 fully saturated rings. The van der Waals surface area contributed by atoms with Crippen LogP contribution >= 0.6 is 11.8 Å². The molecule has 11 heteroatoms. The number of benzene rings is 1. The van der Waals surface area contributed by atoms with Gasteiger partial charge in [-0.2, -0.15) is 13.2 Å². The third kappa shape index (κ3) is 4.32. The number of sulfone groups is 1. The van der Waals surface area contributed by atoms with Gasteiger partial charge in [0.1, 0.15) is 6.10 Å². The quantitative estimate of drug-likeness (QED) is 0.771. The predicted molar refractivity (Wildman–Crippen MR) is 87.5 cm³/mol. The summed E-state index contributed by atoms with van der Waals surface area (Å²) in [5.41, 5.74) is -0.834. The van der Waals surface area contributed by atoms with Crippen LogP contribution < -0.4 is 5.32 Å². The first kappa shape index (κ1) is 19.0. The Morgan fingerprint density at radius 2 is 2.08 bits per heavy atom. The standard InChI is InChI=1S/C15H14F3NO5S2/c16-15(17,18)8-1-2-11-10(5-8)19-14(21)12(25-11)6-13(20)24-9-3-4-26(22,23)7-9/h1-2,5,9,12H,3-4,6-7H2,(H,19,21)/t9-,12-/m0/s1. The van der Waals surface area contributed by atoms with Gasteiger partial charge in [0.25, 0.3) is 0 Å². The number of rotatable bonds is 3. The second-order valence-corrected chi connectivity index (χ2v) is 9.50. The first-order chi connectivity index (χ1) is 12.0. The molecule has 1 N–H and O–H groups in total. The molecule has 0 aliphatic carbocycles. The highest BCUT2D eigenvalue weighted by Crippen LogP contribution is 2.40. The van der Waals surface area contributed by atoms with Crippen LogP contribution in [0.15, 0.2) is 23.1 Å². The lowest BCUT2D eigenvalue weighted by Crippen LogP contribution is -2.32. The minimum atomic E-state index is -4.52. The number of ether oxygens (including phenoxy) is 1. The summed E-state index contributed by atoms with van der Waals surface area (Å²) in [6.07, 6.45) is -5.31. The molecule has 1 aromatic rings. The second kappa shape index (κ2) is 6.76. The number of thioether (sulfide) groups is 1. The van der Waals surface area contributed by atoms with E-state index in [9.17, 15) is 31.2 Å². The fraction of sp³-hybridized carbons (Fsp3) is 0.467. The number of amides is 1. The molecule has 142 valence electrons. The Balaban J connectivity index is 1.64. The lowest BCUT2D eigenvalue weighted by Gasteiger charge is -2.24. The van der Waals surface area contributed by atoms with Gasteiger partial charge < -0.3 is 10.1 Å². The molecule has 26 heavy (non-hydrogen) atoms. The summed E-state index contributed by atoms with van der Waals surface area (Å²) in [6.45, 7) is 0. The first-order valence-corrected chi connectivity index (χ1v) is 10.3. The summed E-state index contributed by atoms with van der Waals surface area (Å²) < 4.78 is 66.0. The van der Waals surface area contributed by atoms with Crippen molar-refractivity contribution in [2.45, 2.75) is 35.3 Å². The molecule has 1 saturated heterocycles. The normalized spacial score (nSPS) is 24.7. The third-order valence-corrected chi connectivity index (χ3v) is 6.98. The van der Waals surface area contributed by atoms with Crippen LogP contribution in [-0.4, -0.2) is 43.2 Å². The van der Waals surface area contributed by atoms with Crippen LogP contribution in [0.1, 0.15) is 18.4 Å². The number of alkyl halides is 3. The Labute approximate surface area is 151 Å². The Bertz CT molecular complexity index is 853. The highest BCUT2D eigenvalue weighted by atomic mass is 32.2. The maximum atomic E-state index is 12.7. The topological polar surface area (TPSA) is 89.5 Å². The van der Waals surface area contributed by atoms with Crippen LogP contribution in [0.3, 0.4) is 0 Å². The fourth-order valence-corrected chi connectivity index (χ4v) is 5.37. The molecule has 0 aromatic heterocycles. The van der Waals surface area contributed by atoms with Gasteiger partial charge in [-0.1, -0.05) is 0 Å². The number of carbonyl (C=O) groups is 2. The summed E-state index contributed by atoms with van der Waals surface area (Å²) in [6, 6.07) is 2.99. The molecule has 0 bridgehead atoms. The van der Waals surface area contributed by atoms with Crippen LogP contribution in [-0.2, 0) is 30.3 Å². The zero-order valence-electron chi connectivity index (χ0n) is 13.2. The van der Waals surface area contributed by atoms with E-state index < -0.39 is 44.8 Å². The van der Waals surface area contributed by atoms with Crippen molar-refractivity contribution in [2.24, 2.45) is 0 Å². The number of fused-ring (bicyclic) bond motifs is 1. The molecule has 0 unspecified atom stereocenters. The summed E-state index contributed by atoms with van der Waals surface area (Å²) in [5, 5.41) is 1.51. The Morgan fingerprint density at radius 3 is 2.69 bits per heavy atom. The summed E-state index contributed by atoms with van der Waals surface area (Å²) >= 11 is 0.972. The molecule has 0 spiro atoms. The van der Waals surface area contributed by atoms with Crippen LogP contribution in [0, 0.1) is 0 Å². The molecule has 6 nitrogen and oxygen atoms in total. The van der Waals surface area contributed by atoms with Gasteiger partial charge in [-0.15, -0.1) is 11.8 Å². The van der Waals surface area contributed by atoms with Crippen LogP contribution in [0.2, 0.25) is 0 Å². The number of halogens is 3. The molecule has 1 amide bonds. The first-order valence-electron chi connectivity index (χ1n) is 7.62. The van der Waals surface area contributed by atoms with E-state index in [0.29, 0.717) is 4.90 Å². The van der Waals surface area contributed by atoms with Gasteiger partial charge in [-0.05, 0) is 24.6 Å². The zero-order chi connectivity index (χ0) is 19.1. The highest BCUT2D eigenvalue weighted by Gasteiger charge is 2.36. The number of nitrogens with one attached hydrogen (secondary N) is 1. The van der Waals surface area contributed by atoms with Crippen molar-refractivity contribution in [3.8, 4) is 0 Å². The average Bonchev–Trinajstić information content (AvgIpc) is 2.85. The largest absolute Gasteiger partial charge is 0.461 e. The van der Waals surface area contributed by atoms with Crippen LogP contribution in [0.5, 0.6) is 0 Å². The maximum Gasteiger partial charge on any atom is 0.416 e. The monoisotopic (exact) mass is 409 g/mol. The van der Waals surface area contributed by atoms with Gasteiger partial charge >= 0.3 is 12.1 Å². The van der Waals surface area contributed by atoms with Gasteiger partial charge in [0.15, 0.2) is 9.84 Å². The zero-order valence-corrected chi connectivity index (χ0v) is 14.8. The van der Waals surface area contributed by atoms with Gasteiger partial charge in [0.2, 0.25) is 5.91 Å². The third-order valence-electron chi connectivity index (χ3n) is 3.97. The molecular weight excluding hydrogens is 395 g/mol. The van der Waals surface area contributed by atoms with Crippen LogP contribution in [0.25, 0.3) is 0 Å². The Morgan fingerprint density at radius 1 is 1.35 bits per heavy atom. The van der Waals surface area contributed by atoms with Gasteiger partial charge in [-0.3, -0.25) is 9.59 Å². The summed E-state index contributed by atoms with van der Waals surface area (Å²) in [7, 11) is -3.19. The molecule has 2 aliphatic rings. The van der Waals surface area contributed by atoms with E-state index in [1.165, 1.54) is 6.07 Å². The van der Waals surface area contributed by atoms with Crippen molar-refractivity contribution < 1.29 is 35.9 Å². The predicted octanol–water partition coefficient (Wildman–Crippen LogP) is 2.24. The van der Waals surface area contributed by atoms with Gasteiger partial charge in [-0.25, -0.2) is 8.42 Å². The molecule has 0 radical (unpaired) electrons. The fourth-order valence-electron chi connectivity index (χ4n) is 2.70. The smallest absolute Gasteiger partial charge is 0.416 e. The van der Waals surface area contributed by atoms with E-state index in [4.69, 9.17) is 4.74 Å². The van der Waals surface area contributed by atoms with Crippen molar-refractivity contribution in [3.05, 3.63) is 23.8 Å². The molecule has 1 aromatic carbocycles. The summed E-state index contributed by atoms with van der Waals surface area (Å²) in [5.74, 6) is -1.59. The van der Waals surface area contributed by atoms with Crippen molar-refractivity contribution >= 4 is 39.2 Å². The minimum Gasteiger partial charge on any atom is -0.461 e. The number of hydrogen-bond donors (Lipinski definition) is 1. The van der Waals surface area contributed by atoms with E-state index in [1.807, 2.05) is 0 Å². The molecule has 2 heterocycles. The SMILES string of the molecule is O=C(C[C@@H]1Sc2ccc(C(F)(F)F)cc2NC1=O)O[C@H]1CCS(=O)(=O)C1. The number of anilines is 1. The lowest BCUT2D eigenvalue weighted by molar-refractivity contribution is -0.148. The molecule has 0 saturated carbocycles. The minimum absolute atomic E-state index is 0.0429. The van der Waals surface area contributed by atoms with Crippen molar-refractivity contribution in [1.82, 2.24) is 0 Å². The molecule has 2 atom stereocenters. The maximum absolute atomic E-state index is 12.7. The number of hydrogen-bond acceptors (Lipinski definition) is 6. The second-order valence-electron chi connectivity index (χ2n) is 6.02. The van der Waals surface area contributed by atoms with Crippen molar-refractivity contribution in [2.75, 3.05) is 16.8 Å². The van der Waals surface area contributed by atoms with E-state index in [1.54, 1.807) is 0 Å². The lowest BCUT2D eigenvalue weighted by atomic mass is 10.1.